The Balaban J connectivity index is 1.96. The molecule has 0 unspecified atom stereocenters. The molecule has 0 amide bonds. The normalized spacial score (nSPS) is 27.0. The van der Waals surface area contributed by atoms with Gasteiger partial charge >= 0.3 is 0 Å². The molecule has 106 valence electrons. The molecule has 1 fully saturated rings. The van der Waals surface area contributed by atoms with Gasteiger partial charge in [0.15, 0.2) is 0 Å². The first-order valence-corrected chi connectivity index (χ1v) is 6.65. The summed E-state index contributed by atoms with van der Waals surface area (Å²) in [6.07, 6.45) is 3.76. The highest BCUT2D eigenvalue weighted by atomic mass is 16.5. The van der Waals surface area contributed by atoms with Gasteiger partial charge in [-0.2, -0.15) is 9.97 Å². The van der Waals surface area contributed by atoms with E-state index in [0.717, 1.165) is 25.7 Å². The van der Waals surface area contributed by atoms with Crippen LogP contribution in [0.3, 0.4) is 0 Å². The molecule has 1 heterocycles. The zero-order valence-electron chi connectivity index (χ0n) is 11.5. The highest BCUT2D eigenvalue weighted by molar-refractivity contribution is 5.43. The Kier molecular flexibility index (Phi) is 4.09. The molecule has 0 saturated heterocycles. The van der Waals surface area contributed by atoms with Gasteiger partial charge in [-0.3, -0.25) is 0 Å². The number of anilines is 2. The topological polar surface area (TPSA) is 93.3 Å². The van der Waals surface area contributed by atoms with E-state index in [-0.39, 0.29) is 5.95 Å². The molecule has 1 aromatic rings. The Bertz CT molecular complexity index is 431. The number of rotatable bonds is 4. The van der Waals surface area contributed by atoms with E-state index in [9.17, 15) is 5.11 Å². The standard InChI is InChI=1S/C13H22N4O2/c1-9-3-5-13(18,6-4-9)8-15-10-7-11(19-2)17-12(14)16-10/h7,9,18H,3-6,8H2,1-2H3,(H3,14,15,16,17). The first kappa shape index (κ1) is 13.9. The Morgan fingerprint density at radius 3 is 2.79 bits per heavy atom. The maximum Gasteiger partial charge on any atom is 0.225 e. The molecule has 1 aromatic heterocycles. The number of nitrogens with zero attached hydrogens (tertiary/aromatic N) is 2. The summed E-state index contributed by atoms with van der Waals surface area (Å²) >= 11 is 0. The van der Waals surface area contributed by atoms with Crippen molar-refractivity contribution in [2.75, 3.05) is 24.7 Å². The third-order valence-electron chi connectivity index (χ3n) is 3.73. The van der Waals surface area contributed by atoms with Crippen molar-refractivity contribution in [1.82, 2.24) is 9.97 Å². The monoisotopic (exact) mass is 266 g/mol. The lowest BCUT2D eigenvalue weighted by Gasteiger charge is -2.35. The fraction of sp³-hybridized carbons (Fsp3) is 0.692. The number of hydrogen-bond donors (Lipinski definition) is 3. The van der Waals surface area contributed by atoms with E-state index in [0.29, 0.717) is 24.2 Å². The number of nitrogen functional groups attached to an aromatic ring is 1. The van der Waals surface area contributed by atoms with Gasteiger partial charge in [0.05, 0.1) is 12.7 Å². The molecule has 0 atom stereocenters. The van der Waals surface area contributed by atoms with Crippen LogP contribution in [-0.4, -0.2) is 34.3 Å². The maximum atomic E-state index is 10.5. The molecule has 0 bridgehead atoms. The van der Waals surface area contributed by atoms with Crippen molar-refractivity contribution in [3.63, 3.8) is 0 Å². The van der Waals surface area contributed by atoms with Crippen molar-refractivity contribution < 1.29 is 9.84 Å². The largest absolute Gasteiger partial charge is 0.481 e. The van der Waals surface area contributed by atoms with Crippen LogP contribution in [0.4, 0.5) is 11.8 Å². The van der Waals surface area contributed by atoms with Gasteiger partial charge in [0.2, 0.25) is 11.8 Å². The summed E-state index contributed by atoms with van der Waals surface area (Å²) < 4.78 is 5.03. The molecule has 0 spiro atoms. The molecule has 1 aliphatic rings. The van der Waals surface area contributed by atoms with Crippen LogP contribution in [0.1, 0.15) is 32.6 Å². The molecular weight excluding hydrogens is 244 g/mol. The third kappa shape index (κ3) is 3.70. The van der Waals surface area contributed by atoms with Gasteiger partial charge in [0.25, 0.3) is 0 Å². The van der Waals surface area contributed by atoms with Crippen molar-refractivity contribution >= 4 is 11.8 Å². The average molecular weight is 266 g/mol. The summed E-state index contributed by atoms with van der Waals surface area (Å²) in [7, 11) is 1.53. The Hall–Kier alpha value is -1.56. The molecule has 1 saturated carbocycles. The quantitative estimate of drug-likeness (QED) is 0.763. The predicted octanol–water partition coefficient (Wildman–Crippen LogP) is 1.42. The van der Waals surface area contributed by atoms with Gasteiger partial charge in [0, 0.05) is 12.6 Å². The maximum absolute atomic E-state index is 10.5. The van der Waals surface area contributed by atoms with Crippen molar-refractivity contribution in [3.8, 4) is 5.88 Å². The van der Waals surface area contributed by atoms with Gasteiger partial charge in [0.1, 0.15) is 5.82 Å². The van der Waals surface area contributed by atoms with Crippen LogP contribution < -0.4 is 15.8 Å². The third-order valence-corrected chi connectivity index (χ3v) is 3.73. The highest BCUT2D eigenvalue weighted by Gasteiger charge is 2.31. The Morgan fingerprint density at radius 2 is 2.16 bits per heavy atom. The second-order valence-electron chi connectivity index (χ2n) is 5.41. The van der Waals surface area contributed by atoms with Crippen molar-refractivity contribution in [2.24, 2.45) is 5.92 Å². The second-order valence-corrected chi connectivity index (χ2v) is 5.41. The van der Waals surface area contributed by atoms with Crippen molar-refractivity contribution in [2.45, 2.75) is 38.2 Å². The molecule has 4 N–H and O–H groups in total. The van der Waals surface area contributed by atoms with Crippen LogP contribution in [0.25, 0.3) is 0 Å². The van der Waals surface area contributed by atoms with E-state index in [1.807, 2.05) is 0 Å². The van der Waals surface area contributed by atoms with E-state index in [1.54, 1.807) is 6.07 Å². The van der Waals surface area contributed by atoms with Crippen LogP contribution in [-0.2, 0) is 0 Å². The highest BCUT2D eigenvalue weighted by Crippen LogP contribution is 2.32. The van der Waals surface area contributed by atoms with Crippen LogP contribution >= 0.6 is 0 Å². The lowest BCUT2D eigenvalue weighted by atomic mass is 9.79. The summed E-state index contributed by atoms with van der Waals surface area (Å²) in [5.74, 6) is 1.86. The number of methoxy groups -OCH3 is 1. The molecule has 0 aromatic carbocycles. The number of ether oxygens (including phenoxy) is 1. The zero-order valence-corrected chi connectivity index (χ0v) is 11.5. The lowest BCUT2D eigenvalue weighted by Crippen LogP contribution is -2.40. The number of nitrogens with one attached hydrogen (secondary N) is 1. The van der Waals surface area contributed by atoms with Crippen molar-refractivity contribution in [3.05, 3.63) is 6.07 Å². The molecule has 6 nitrogen and oxygen atoms in total. The molecule has 0 radical (unpaired) electrons. The summed E-state index contributed by atoms with van der Waals surface area (Å²) in [5, 5.41) is 13.6. The van der Waals surface area contributed by atoms with Gasteiger partial charge in [-0.25, -0.2) is 0 Å². The van der Waals surface area contributed by atoms with E-state index in [4.69, 9.17) is 10.5 Å². The van der Waals surface area contributed by atoms with Crippen molar-refractivity contribution in [1.29, 1.82) is 0 Å². The summed E-state index contributed by atoms with van der Waals surface area (Å²) in [6, 6.07) is 1.67. The minimum absolute atomic E-state index is 0.158. The lowest BCUT2D eigenvalue weighted by molar-refractivity contribution is 0.00494. The van der Waals surface area contributed by atoms with Crippen LogP contribution in [0.2, 0.25) is 0 Å². The molecule has 6 heteroatoms. The first-order chi connectivity index (χ1) is 9.00. The predicted molar refractivity (Wildman–Crippen MR) is 74.1 cm³/mol. The summed E-state index contributed by atoms with van der Waals surface area (Å²) in [4.78, 5) is 7.99. The van der Waals surface area contributed by atoms with Gasteiger partial charge in [-0.05, 0) is 31.6 Å². The van der Waals surface area contributed by atoms with Crippen LogP contribution in [0.15, 0.2) is 6.07 Å². The molecule has 0 aliphatic heterocycles. The summed E-state index contributed by atoms with van der Waals surface area (Å²) in [6.45, 7) is 2.70. The minimum atomic E-state index is -0.653. The van der Waals surface area contributed by atoms with E-state index >= 15 is 0 Å². The molecule has 19 heavy (non-hydrogen) atoms. The Morgan fingerprint density at radius 1 is 1.47 bits per heavy atom. The SMILES string of the molecule is COc1cc(NCC2(O)CCC(C)CC2)nc(N)n1. The summed E-state index contributed by atoms with van der Waals surface area (Å²) in [5.41, 5.74) is 4.94. The van der Waals surface area contributed by atoms with Crippen LogP contribution in [0.5, 0.6) is 5.88 Å². The smallest absolute Gasteiger partial charge is 0.225 e. The number of nitrogens with two attached hydrogens (primary N) is 1. The van der Waals surface area contributed by atoms with E-state index < -0.39 is 5.60 Å². The first-order valence-electron chi connectivity index (χ1n) is 6.65. The number of aromatic nitrogens is 2. The molecule has 1 aliphatic carbocycles. The average Bonchev–Trinajstić information content (AvgIpc) is 2.40. The second kappa shape index (κ2) is 5.61. The zero-order chi connectivity index (χ0) is 13.9. The van der Waals surface area contributed by atoms with Gasteiger partial charge in [-0.15, -0.1) is 0 Å². The van der Waals surface area contributed by atoms with E-state index in [2.05, 4.69) is 22.2 Å². The molecule has 2 rings (SSSR count). The van der Waals surface area contributed by atoms with Gasteiger partial charge < -0.3 is 20.9 Å². The van der Waals surface area contributed by atoms with E-state index in [1.165, 1.54) is 7.11 Å². The van der Waals surface area contributed by atoms with Crippen LogP contribution in [0, 0.1) is 5.92 Å². The number of aliphatic hydroxyl groups is 1. The Labute approximate surface area is 113 Å². The van der Waals surface area contributed by atoms with Gasteiger partial charge in [-0.1, -0.05) is 6.92 Å². The molecular formula is C13H22N4O2. The fourth-order valence-electron chi connectivity index (χ4n) is 2.37. The minimum Gasteiger partial charge on any atom is -0.481 e. The fourth-order valence-corrected chi connectivity index (χ4v) is 2.37. The number of hydrogen-bond acceptors (Lipinski definition) is 6.